The van der Waals surface area contributed by atoms with E-state index in [-0.39, 0.29) is 84.8 Å². The summed E-state index contributed by atoms with van der Waals surface area (Å²) < 4.78 is 0. The molecular formula is C34H32N4Na2O4. The molecule has 0 aromatic carbocycles. The van der Waals surface area contributed by atoms with E-state index >= 15 is 0 Å². The zero-order valence-corrected chi connectivity index (χ0v) is 30.2. The van der Waals surface area contributed by atoms with Gasteiger partial charge in [0.2, 0.25) is 0 Å². The molecule has 3 aromatic heterocycles. The number of hydrogen-bond acceptors (Lipinski definition) is 6. The number of carbonyl (C=O) groups is 2. The fraction of sp³-hybridized carbons (Fsp3) is 0.235. The monoisotopic (exact) mass is 606 g/mol. The number of aromatic nitrogens is 4. The first kappa shape index (κ1) is 35.5. The van der Waals surface area contributed by atoms with Crippen LogP contribution >= 0.6 is 0 Å². The van der Waals surface area contributed by atoms with Crippen LogP contribution < -0.4 is 69.3 Å². The van der Waals surface area contributed by atoms with E-state index in [0.717, 1.165) is 72.5 Å². The van der Waals surface area contributed by atoms with Crippen LogP contribution in [0.15, 0.2) is 43.5 Å². The molecule has 10 heteroatoms. The third kappa shape index (κ3) is 6.81. The number of nitrogens with zero attached hydrogens (tertiary/aromatic N) is 2. The van der Waals surface area contributed by atoms with Gasteiger partial charge in [-0.05, 0) is 111 Å². The van der Waals surface area contributed by atoms with Crippen LogP contribution in [0, 0.1) is 13.8 Å². The second kappa shape index (κ2) is 14.4. The van der Waals surface area contributed by atoms with Gasteiger partial charge in [-0.3, -0.25) is 0 Å². The number of carboxylic acids is 2. The number of aryl methyl sites for hydroxylation is 3. The fourth-order valence-electron chi connectivity index (χ4n) is 5.76. The third-order valence-electron chi connectivity index (χ3n) is 8.20. The van der Waals surface area contributed by atoms with E-state index in [1.165, 1.54) is 0 Å². The van der Waals surface area contributed by atoms with Crippen molar-refractivity contribution in [3.05, 3.63) is 88.5 Å². The van der Waals surface area contributed by atoms with Crippen molar-refractivity contribution in [1.29, 1.82) is 0 Å². The maximum atomic E-state index is 11.4. The summed E-state index contributed by atoms with van der Waals surface area (Å²) in [6.45, 7) is 15.9. The first-order chi connectivity index (χ1) is 20.0. The van der Waals surface area contributed by atoms with Crippen molar-refractivity contribution in [1.82, 2.24) is 19.9 Å². The molecule has 214 valence electrons. The number of nitrogens with one attached hydrogen (secondary N) is 2. The van der Waals surface area contributed by atoms with Crippen molar-refractivity contribution in [2.45, 2.75) is 53.4 Å². The molecule has 0 amide bonds. The Hall–Kier alpha value is -2.98. The molecule has 0 spiro atoms. The van der Waals surface area contributed by atoms with Gasteiger partial charge in [-0.1, -0.05) is 25.3 Å². The molecule has 0 radical (unpaired) electrons. The normalized spacial score (nSPS) is 12.5. The quantitative estimate of drug-likeness (QED) is 0.311. The summed E-state index contributed by atoms with van der Waals surface area (Å²) in [4.78, 5) is 39.7. The summed E-state index contributed by atoms with van der Waals surface area (Å²) in [5.74, 6) is -2.28. The molecule has 0 atom stereocenters. The smallest absolute Gasteiger partial charge is 0.550 e. The van der Waals surface area contributed by atoms with Crippen LogP contribution in [0.5, 0.6) is 0 Å². The van der Waals surface area contributed by atoms with Crippen molar-refractivity contribution in [3.8, 4) is 0 Å². The van der Waals surface area contributed by atoms with E-state index in [1.807, 2.05) is 58.0 Å². The summed E-state index contributed by atoms with van der Waals surface area (Å²) >= 11 is 0. The zero-order valence-electron chi connectivity index (χ0n) is 26.2. The summed E-state index contributed by atoms with van der Waals surface area (Å²) in [6, 6.07) is 7.78. The molecule has 2 aliphatic heterocycles. The van der Waals surface area contributed by atoms with Gasteiger partial charge >= 0.3 is 59.1 Å². The molecule has 2 aliphatic rings. The fourth-order valence-corrected chi connectivity index (χ4v) is 5.76. The molecule has 0 unspecified atom stereocenters. The Kier molecular flexibility index (Phi) is 11.6. The molecule has 0 saturated carbocycles. The van der Waals surface area contributed by atoms with Crippen LogP contribution in [0.2, 0.25) is 0 Å². The number of rotatable bonds is 8. The molecule has 8 bridgehead atoms. The summed E-state index contributed by atoms with van der Waals surface area (Å²) in [5, 5.41) is 22.8. The Labute approximate surface area is 300 Å². The second-order valence-corrected chi connectivity index (χ2v) is 10.7. The number of carboxylic acid groups (broad SMARTS) is 2. The van der Waals surface area contributed by atoms with Crippen LogP contribution in [0.4, 0.5) is 0 Å². The second-order valence-electron chi connectivity index (χ2n) is 10.7. The van der Waals surface area contributed by atoms with Crippen LogP contribution in [-0.4, -0.2) is 31.9 Å². The molecule has 3 aromatic rings. The maximum Gasteiger partial charge on any atom is 1.00 e. The van der Waals surface area contributed by atoms with Gasteiger partial charge in [0.15, 0.2) is 0 Å². The van der Waals surface area contributed by atoms with Gasteiger partial charge in [-0.15, -0.1) is 0 Å². The maximum absolute atomic E-state index is 11.4. The van der Waals surface area contributed by atoms with Crippen molar-refractivity contribution in [3.63, 3.8) is 0 Å². The average Bonchev–Trinajstić information content (AvgIpc) is 3.59. The van der Waals surface area contributed by atoms with Crippen molar-refractivity contribution >= 4 is 62.4 Å². The molecule has 8 nitrogen and oxygen atoms in total. The summed E-state index contributed by atoms with van der Waals surface area (Å²) in [7, 11) is 0. The Morgan fingerprint density at radius 3 is 1.86 bits per heavy atom. The largest absolute Gasteiger partial charge is 1.00 e. The Morgan fingerprint density at radius 2 is 1.23 bits per heavy atom. The molecular weight excluding hydrogens is 574 g/mol. The SMILES string of the molecule is C=CC1=C(C)c2cc3[nH]c(cc4nc(cc5[nH]c(cc1n2)c(C)c5CCC(=O)[O-])C(CCC(=O)[O-])=C4C)c(C)c3C=C.[Na+].[Na+]. The molecule has 0 saturated heterocycles. The molecule has 44 heavy (non-hydrogen) atoms. The van der Waals surface area contributed by atoms with Gasteiger partial charge in [-0.2, -0.15) is 0 Å². The van der Waals surface area contributed by atoms with Crippen LogP contribution in [0.1, 0.15) is 78.1 Å². The van der Waals surface area contributed by atoms with Gasteiger partial charge in [-0.25, -0.2) is 9.97 Å². The number of carbonyl (C=O) groups excluding carboxylic acids is 2. The minimum Gasteiger partial charge on any atom is -0.550 e. The number of allylic oxidation sites excluding steroid dienone is 5. The molecule has 0 aliphatic carbocycles. The van der Waals surface area contributed by atoms with Crippen LogP contribution in [0.25, 0.3) is 50.4 Å². The Morgan fingerprint density at radius 1 is 0.705 bits per heavy atom. The van der Waals surface area contributed by atoms with E-state index in [2.05, 4.69) is 23.1 Å². The number of H-pyrrole nitrogens is 2. The Balaban J connectivity index is 0.00000264. The molecule has 5 rings (SSSR count). The van der Waals surface area contributed by atoms with E-state index in [9.17, 15) is 19.8 Å². The number of hydrogen-bond donors (Lipinski definition) is 2. The minimum absolute atomic E-state index is 0. The van der Waals surface area contributed by atoms with Gasteiger partial charge < -0.3 is 29.8 Å². The van der Waals surface area contributed by atoms with Gasteiger partial charge in [0.1, 0.15) is 0 Å². The van der Waals surface area contributed by atoms with Gasteiger partial charge in [0, 0.05) is 45.1 Å². The summed E-state index contributed by atoms with van der Waals surface area (Å²) in [5.41, 5.74) is 13.3. The number of aromatic amines is 2. The van der Waals surface area contributed by atoms with Crippen molar-refractivity contribution in [2.75, 3.05) is 0 Å². The molecule has 2 N–H and O–H groups in total. The van der Waals surface area contributed by atoms with E-state index in [4.69, 9.17) is 9.97 Å². The van der Waals surface area contributed by atoms with Crippen molar-refractivity contribution < 1.29 is 78.9 Å². The van der Waals surface area contributed by atoms with E-state index in [1.54, 1.807) is 6.08 Å². The molecule has 0 fully saturated rings. The number of fused-ring (bicyclic) bond motifs is 8. The summed E-state index contributed by atoms with van der Waals surface area (Å²) in [6.07, 6.45) is 3.81. The molecule has 5 heterocycles. The van der Waals surface area contributed by atoms with Crippen LogP contribution in [-0.2, 0) is 16.0 Å². The zero-order chi connectivity index (χ0) is 30.3. The van der Waals surface area contributed by atoms with Crippen molar-refractivity contribution in [2.24, 2.45) is 0 Å². The van der Waals surface area contributed by atoms with Crippen LogP contribution in [0.3, 0.4) is 0 Å². The predicted octanol–water partition coefficient (Wildman–Crippen LogP) is -1.16. The first-order valence-electron chi connectivity index (χ1n) is 13.8. The standard InChI is InChI=1S/C34H34N4O4.2Na/c1-7-21-17(3)25-13-26-19(5)23(9-11-33(39)40)31(37-26)16-32-24(10-12-34(41)42)20(6)28(38-32)15-30-22(8-2)18(4)27(36-30)14-29(21)35-25;;/h7-8,13-16,35,38H,1-2,9-12H2,3-6H3,(H,39,40)(H,41,42);;/q;2*+1/p-2. The van der Waals surface area contributed by atoms with E-state index < -0.39 is 11.9 Å². The topological polar surface area (TPSA) is 138 Å². The first-order valence-corrected chi connectivity index (χ1v) is 13.8. The van der Waals surface area contributed by atoms with E-state index in [0.29, 0.717) is 16.9 Å². The van der Waals surface area contributed by atoms with Gasteiger partial charge in [0.25, 0.3) is 0 Å². The third-order valence-corrected chi connectivity index (χ3v) is 8.20. The average molecular weight is 607 g/mol. The predicted molar refractivity (Wildman–Crippen MR) is 163 cm³/mol. The Bertz CT molecular complexity index is 1930. The minimum atomic E-state index is -1.14. The number of aliphatic carboxylic acids is 2. The van der Waals surface area contributed by atoms with Gasteiger partial charge in [0.05, 0.1) is 22.8 Å².